The summed E-state index contributed by atoms with van der Waals surface area (Å²) < 4.78 is 25.5. The van der Waals surface area contributed by atoms with Crippen molar-refractivity contribution in [3.8, 4) is 17.2 Å². The van der Waals surface area contributed by atoms with E-state index in [9.17, 15) is 24.6 Å². The summed E-state index contributed by atoms with van der Waals surface area (Å²) in [4.78, 5) is 40.3. The number of phenolic OH excluding ortho intramolecular Hbond substituents is 1. The lowest BCUT2D eigenvalue weighted by atomic mass is 9.83. The number of rotatable bonds is 8. The van der Waals surface area contributed by atoms with Crippen molar-refractivity contribution in [3.63, 3.8) is 0 Å². The molecule has 0 aliphatic carbocycles. The van der Waals surface area contributed by atoms with Crippen molar-refractivity contribution in [3.05, 3.63) is 51.8 Å². The minimum Gasteiger partial charge on any atom is -0.507 e. The predicted octanol–water partition coefficient (Wildman–Crippen LogP) is 4.02. The molecule has 1 unspecified atom stereocenters. The number of carbonyl (C=O) groups excluding carboxylic acids is 2. The number of Topliss-reactive ketones (excluding diaryl/α,β-unsaturated/α-hetero) is 1. The quantitative estimate of drug-likeness (QED) is 0.375. The van der Waals surface area contributed by atoms with Gasteiger partial charge in [-0.1, -0.05) is 20.8 Å². The standard InChI is InChI=1S/C28H32FN3O7.BrH/c1-28(2,3)17-9-14(8-16(24(17)35)12-32-18(27(36)37)6-7-21(32)34)19(33)13-31-11-15-10-20(38-4)25(39-5)23(29)22(15)26(31)30;/h8-10,18,30,35H,6-7,11-13H2,1-5H3,(H,36,37);1H. The smallest absolute Gasteiger partial charge is 0.326 e. The number of aromatic hydroxyl groups is 1. The molecule has 12 heteroatoms. The maximum Gasteiger partial charge on any atom is 0.326 e. The molecule has 2 aliphatic rings. The molecule has 4 rings (SSSR count). The van der Waals surface area contributed by atoms with Crippen molar-refractivity contribution in [2.45, 2.75) is 58.2 Å². The third-order valence-electron chi connectivity index (χ3n) is 7.21. The number of halogens is 2. The topological polar surface area (TPSA) is 140 Å². The van der Waals surface area contributed by atoms with Gasteiger partial charge in [0.1, 0.15) is 17.6 Å². The maximum absolute atomic E-state index is 15.1. The van der Waals surface area contributed by atoms with E-state index in [1.807, 2.05) is 20.8 Å². The molecule has 1 saturated heterocycles. The lowest BCUT2D eigenvalue weighted by Gasteiger charge is -2.27. The lowest BCUT2D eigenvalue weighted by molar-refractivity contribution is -0.146. The molecule has 216 valence electrons. The number of ether oxygens (including phenoxy) is 2. The first-order valence-corrected chi connectivity index (χ1v) is 12.5. The van der Waals surface area contributed by atoms with Gasteiger partial charge in [-0.2, -0.15) is 0 Å². The highest BCUT2D eigenvalue weighted by Gasteiger charge is 2.37. The Morgan fingerprint density at radius 1 is 1.18 bits per heavy atom. The molecule has 10 nitrogen and oxygen atoms in total. The second-order valence-corrected chi connectivity index (χ2v) is 10.8. The van der Waals surface area contributed by atoms with Crippen LogP contribution in [0.5, 0.6) is 17.2 Å². The van der Waals surface area contributed by atoms with Gasteiger partial charge in [-0.05, 0) is 35.6 Å². The molecule has 3 N–H and O–H groups in total. The van der Waals surface area contributed by atoms with E-state index in [2.05, 4.69) is 0 Å². The molecule has 2 aliphatic heterocycles. The third-order valence-corrected chi connectivity index (χ3v) is 7.21. The van der Waals surface area contributed by atoms with Crippen molar-refractivity contribution in [1.82, 2.24) is 9.80 Å². The van der Waals surface area contributed by atoms with Crippen molar-refractivity contribution in [2.24, 2.45) is 0 Å². The number of hydrogen-bond acceptors (Lipinski definition) is 7. The number of carboxylic acid groups (broad SMARTS) is 1. The summed E-state index contributed by atoms with van der Waals surface area (Å²) in [5.41, 5.74) is 0.884. The van der Waals surface area contributed by atoms with Crippen molar-refractivity contribution in [1.29, 1.82) is 5.41 Å². The second-order valence-electron chi connectivity index (χ2n) is 10.8. The molecule has 0 aromatic heterocycles. The van der Waals surface area contributed by atoms with Gasteiger partial charge in [0.15, 0.2) is 23.1 Å². The summed E-state index contributed by atoms with van der Waals surface area (Å²) in [7, 11) is 2.69. The van der Waals surface area contributed by atoms with Crippen molar-refractivity contribution < 1.29 is 38.5 Å². The van der Waals surface area contributed by atoms with E-state index < -0.39 is 23.2 Å². The molecule has 0 radical (unpaired) electrons. The van der Waals surface area contributed by atoms with Gasteiger partial charge in [0, 0.05) is 29.7 Å². The Morgan fingerprint density at radius 2 is 1.85 bits per heavy atom. The molecule has 40 heavy (non-hydrogen) atoms. The van der Waals surface area contributed by atoms with Crippen LogP contribution >= 0.6 is 17.0 Å². The Bertz CT molecular complexity index is 1390. The van der Waals surface area contributed by atoms with Crippen LogP contribution in [0.1, 0.15) is 66.2 Å². The Morgan fingerprint density at radius 3 is 2.42 bits per heavy atom. The van der Waals surface area contributed by atoms with Gasteiger partial charge in [0.05, 0.1) is 32.9 Å². The summed E-state index contributed by atoms with van der Waals surface area (Å²) in [6, 6.07) is 3.60. The summed E-state index contributed by atoms with van der Waals surface area (Å²) in [6.07, 6.45) is 0.260. The van der Waals surface area contributed by atoms with Crippen molar-refractivity contribution in [2.75, 3.05) is 20.8 Å². The first-order chi connectivity index (χ1) is 18.3. The monoisotopic (exact) mass is 621 g/mol. The number of phenols is 1. The van der Waals surface area contributed by atoms with Gasteiger partial charge >= 0.3 is 5.97 Å². The number of nitrogens with one attached hydrogen (secondary N) is 1. The van der Waals surface area contributed by atoms with Crippen LogP contribution in [0.3, 0.4) is 0 Å². The Labute approximate surface area is 241 Å². The lowest BCUT2D eigenvalue weighted by Crippen LogP contribution is -2.38. The average molecular weight is 622 g/mol. The van der Waals surface area contributed by atoms with E-state index in [-0.39, 0.29) is 101 Å². The van der Waals surface area contributed by atoms with Crippen LogP contribution in [0.25, 0.3) is 0 Å². The van der Waals surface area contributed by atoms with Crippen molar-refractivity contribution >= 4 is 40.5 Å². The number of amidine groups is 1. The minimum absolute atomic E-state index is 0. The van der Waals surface area contributed by atoms with Gasteiger partial charge in [-0.15, -0.1) is 17.0 Å². The number of ketones is 1. The molecule has 1 atom stereocenters. The molecule has 1 fully saturated rings. The molecule has 2 heterocycles. The molecular weight excluding hydrogens is 589 g/mol. The van der Waals surface area contributed by atoms with Crippen LogP contribution in [-0.4, -0.2) is 70.3 Å². The Balaban J connectivity index is 0.00000441. The Kier molecular flexibility index (Phi) is 8.83. The van der Waals surface area contributed by atoms with E-state index in [0.29, 0.717) is 11.1 Å². The number of fused-ring (bicyclic) bond motifs is 1. The highest BCUT2D eigenvalue weighted by molar-refractivity contribution is 8.93. The zero-order valence-electron chi connectivity index (χ0n) is 23.0. The molecule has 1 amide bonds. The van der Waals surface area contributed by atoms with Crippen LogP contribution in [0, 0.1) is 11.2 Å². The van der Waals surface area contributed by atoms with E-state index in [4.69, 9.17) is 14.9 Å². The molecule has 0 saturated carbocycles. The van der Waals surface area contributed by atoms with Gasteiger partial charge in [0.2, 0.25) is 5.91 Å². The molecular formula is C28H33BrFN3O7. The first kappa shape index (κ1) is 30.9. The van der Waals surface area contributed by atoms with Gasteiger partial charge < -0.3 is 29.5 Å². The summed E-state index contributed by atoms with van der Waals surface area (Å²) >= 11 is 0. The summed E-state index contributed by atoms with van der Waals surface area (Å²) in [5.74, 6) is -2.81. The number of aliphatic carboxylic acids is 1. The number of amides is 1. The number of nitrogens with zero attached hydrogens (tertiary/aromatic N) is 2. The fraction of sp³-hybridized carbons (Fsp3) is 0.429. The number of hydrogen-bond donors (Lipinski definition) is 3. The first-order valence-electron chi connectivity index (χ1n) is 12.5. The number of benzene rings is 2. The molecule has 2 aromatic rings. The molecule has 0 bridgehead atoms. The largest absolute Gasteiger partial charge is 0.507 e. The van der Waals surface area contributed by atoms with Crippen LogP contribution in [0.15, 0.2) is 18.2 Å². The van der Waals surface area contributed by atoms with E-state index in [1.165, 1.54) is 30.1 Å². The zero-order valence-corrected chi connectivity index (χ0v) is 24.7. The Hall–Kier alpha value is -3.67. The van der Waals surface area contributed by atoms with Crippen LogP contribution < -0.4 is 9.47 Å². The van der Waals surface area contributed by atoms with Crippen LogP contribution in [0.2, 0.25) is 0 Å². The minimum atomic E-state index is -1.13. The highest BCUT2D eigenvalue weighted by Crippen LogP contribution is 2.39. The fourth-order valence-electron chi connectivity index (χ4n) is 5.14. The predicted molar refractivity (Wildman–Crippen MR) is 149 cm³/mol. The van der Waals surface area contributed by atoms with Gasteiger partial charge in [-0.3, -0.25) is 15.0 Å². The van der Waals surface area contributed by atoms with E-state index >= 15 is 4.39 Å². The SMILES string of the molecule is Br.COc1cc2c(c(F)c1OC)C(=N)N(CC(=O)c1cc(CN3C(=O)CCC3C(=O)O)c(O)c(C(C)(C)C)c1)C2. The van der Waals surface area contributed by atoms with E-state index in [0.717, 1.165) is 0 Å². The fourth-order valence-corrected chi connectivity index (χ4v) is 5.14. The van der Waals surface area contributed by atoms with Crippen LogP contribution in [0.4, 0.5) is 4.39 Å². The number of carbonyl (C=O) groups is 3. The third kappa shape index (κ3) is 5.49. The highest BCUT2D eigenvalue weighted by atomic mass is 79.9. The van der Waals surface area contributed by atoms with Gasteiger partial charge in [0.25, 0.3) is 0 Å². The van der Waals surface area contributed by atoms with E-state index in [1.54, 1.807) is 12.1 Å². The second kappa shape index (κ2) is 11.4. The molecule has 2 aromatic carbocycles. The number of methoxy groups -OCH3 is 2. The summed E-state index contributed by atoms with van der Waals surface area (Å²) in [6.45, 7) is 5.27. The zero-order chi connectivity index (χ0) is 28.8. The number of carboxylic acids is 1. The van der Waals surface area contributed by atoms with Crippen LogP contribution in [-0.2, 0) is 28.1 Å². The maximum atomic E-state index is 15.1. The molecule has 0 spiro atoms. The normalized spacial score (nSPS) is 16.6. The van der Waals surface area contributed by atoms with Gasteiger partial charge in [-0.25, -0.2) is 9.18 Å². The summed E-state index contributed by atoms with van der Waals surface area (Å²) in [5, 5.41) is 29.1. The number of likely N-dealkylation sites (tertiary alicyclic amines) is 1. The average Bonchev–Trinajstić information content (AvgIpc) is 3.38.